The van der Waals surface area contributed by atoms with Crippen LogP contribution < -0.4 is 10.1 Å². The predicted molar refractivity (Wildman–Crippen MR) is 111 cm³/mol. The normalized spacial score (nSPS) is 12.6. The molecular weight excluding hydrogens is 426 g/mol. The standard InChI is InChI=1S/C22H17F4N5O/c1-12(15-9-27-21(28-10-15)22(24,25)26)30-18-11-29-31-20-17(18)7-14(8-19(20)32-2)13-3-5-16(23)6-4-13/h3-12H,1-2H3,(H,30,31)/t12-/m1/s1. The summed E-state index contributed by atoms with van der Waals surface area (Å²) in [7, 11) is 1.51. The number of benzene rings is 2. The van der Waals surface area contributed by atoms with Gasteiger partial charge in [-0.05, 0) is 42.3 Å². The molecule has 32 heavy (non-hydrogen) atoms. The Bertz CT molecular complexity index is 1240. The number of hydrogen-bond acceptors (Lipinski definition) is 6. The number of aromatic nitrogens is 4. The van der Waals surface area contributed by atoms with Crippen LogP contribution in [0.15, 0.2) is 55.0 Å². The van der Waals surface area contributed by atoms with E-state index in [-0.39, 0.29) is 5.82 Å². The molecule has 0 unspecified atom stereocenters. The molecule has 1 atom stereocenters. The molecule has 0 aliphatic carbocycles. The lowest BCUT2D eigenvalue weighted by molar-refractivity contribution is -0.145. The molecule has 0 aliphatic rings. The quantitative estimate of drug-likeness (QED) is 0.415. The number of alkyl halides is 3. The number of rotatable bonds is 5. The summed E-state index contributed by atoms with van der Waals surface area (Å²) in [5.41, 5.74) is 3.10. The van der Waals surface area contributed by atoms with Gasteiger partial charge in [0.25, 0.3) is 0 Å². The Morgan fingerprint density at radius 2 is 1.66 bits per heavy atom. The molecule has 0 saturated carbocycles. The van der Waals surface area contributed by atoms with E-state index in [1.54, 1.807) is 25.1 Å². The van der Waals surface area contributed by atoms with Gasteiger partial charge in [-0.1, -0.05) is 12.1 Å². The lowest BCUT2D eigenvalue weighted by Gasteiger charge is -2.18. The Morgan fingerprint density at radius 1 is 0.969 bits per heavy atom. The first-order valence-corrected chi connectivity index (χ1v) is 9.51. The van der Waals surface area contributed by atoms with Gasteiger partial charge in [-0.15, -0.1) is 5.10 Å². The van der Waals surface area contributed by atoms with Crippen LogP contribution in [0.25, 0.3) is 22.0 Å². The van der Waals surface area contributed by atoms with Crippen LogP contribution in [0.4, 0.5) is 23.2 Å². The summed E-state index contributed by atoms with van der Waals surface area (Å²) in [6.45, 7) is 1.76. The molecule has 0 saturated heterocycles. The smallest absolute Gasteiger partial charge is 0.451 e. The highest BCUT2D eigenvalue weighted by atomic mass is 19.4. The highest BCUT2D eigenvalue weighted by Crippen LogP contribution is 2.35. The Morgan fingerprint density at radius 3 is 2.28 bits per heavy atom. The van der Waals surface area contributed by atoms with Crippen molar-refractivity contribution in [1.29, 1.82) is 0 Å². The molecule has 0 radical (unpaired) electrons. The Kier molecular flexibility index (Phi) is 5.60. The van der Waals surface area contributed by atoms with Gasteiger partial charge in [0.15, 0.2) is 0 Å². The summed E-state index contributed by atoms with van der Waals surface area (Å²) in [6.07, 6.45) is -0.824. The molecule has 0 fully saturated rings. The maximum atomic E-state index is 13.3. The summed E-state index contributed by atoms with van der Waals surface area (Å²) in [5, 5.41) is 12.1. The van der Waals surface area contributed by atoms with Crippen molar-refractivity contribution in [3.05, 3.63) is 72.2 Å². The van der Waals surface area contributed by atoms with Crippen molar-refractivity contribution in [3.8, 4) is 16.9 Å². The Labute approximate surface area is 180 Å². The largest absolute Gasteiger partial charge is 0.494 e. The second kappa shape index (κ2) is 8.37. The van der Waals surface area contributed by atoms with Gasteiger partial charge in [-0.3, -0.25) is 0 Å². The fraction of sp³-hybridized carbons (Fsp3) is 0.182. The van der Waals surface area contributed by atoms with Crippen LogP contribution in [0.5, 0.6) is 5.75 Å². The number of fused-ring (bicyclic) bond motifs is 1. The maximum absolute atomic E-state index is 13.3. The van der Waals surface area contributed by atoms with E-state index in [0.29, 0.717) is 27.9 Å². The van der Waals surface area contributed by atoms with E-state index in [0.717, 1.165) is 23.5 Å². The van der Waals surface area contributed by atoms with Crippen molar-refractivity contribution in [2.45, 2.75) is 19.1 Å². The number of nitrogens with zero attached hydrogens (tertiary/aromatic N) is 4. The van der Waals surface area contributed by atoms with Crippen molar-refractivity contribution in [1.82, 2.24) is 20.2 Å². The molecular formula is C22H17F4N5O. The lowest BCUT2D eigenvalue weighted by atomic mass is 10.0. The highest BCUT2D eigenvalue weighted by Gasteiger charge is 2.34. The number of hydrogen-bond donors (Lipinski definition) is 1. The van der Waals surface area contributed by atoms with Gasteiger partial charge in [0.05, 0.1) is 25.0 Å². The monoisotopic (exact) mass is 443 g/mol. The van der Waals surface area contributed by atoms with Gasteiger partial charge in [0, 0.05) is 23.3 Å². The minimum Gasteiger partial charge on any atom is -0.494 e. The van der Waals surface area contributed by atoms with E-state index in [1.165, 1.54) is 25.4 Å². The molecule has 2 aromatic heterocycles. The Balaban J connectivity index is 1.72. The minimum absolute atomic E-state index is 0.345. The number of halogens is 4. The van der Waals surface area contributed by atoms with Gasteiger partial charge in [-0.2, -0.15) is 18.3 Å². The average molecular weight is 443 g/mol. The van der Waals surface area contributed by atoms with E-state index >= 15 is 0 Å². The summed E-state index contributed by atoms with van der Waals surface area (Å²) in [5.74, 6) is -1.07. The number of nitrogens with one attached hydrogen (secondary N) is 1. The number of ether oxygens (including phenoxy) is 1. The second-order valence-electron chi connectivity index (χ2n) is 7.04. The zero-order valence-corrected chi connectivity index (χ0v) is 17.0. The van der Waals surface area contributed by atoms with Crippen LogP contribution in [0.2, 0.25) is 0 Å². The van der Waals surface area contributed by atoms with Crippen molar-refractivity contribution >= 4 is 16.6 Å². The van der Waals surface area contributed by atoms with E-state index in [4.69, 9.17) is 4.74 Å². The first-order valence-electron chi connectivity index (χ1n) is 9.51. The van der Waals surface area contributed by atoms with E-state index < -0.39 is 18.0 Å². The van der Waals surface area contributed by atoms with E-state index in [1.807, 2.05) is 6.07 Å². The second-order valence-corrected chi connectivity index (χ2v) is 7.04. The molecule has 4 rings (SSSR count). The van der Waals surface area contributed by atoms with Gasteiger partial charge < -0.3 is 10.1 Å². The first kappa shape index (κ1) is 21.4. The zero-order valence-electron chi connectivity index (χ0n) is 17.0. The molecule has 2 heterocycles. The summed E-state index contributed by atoms with van der Waals surface area (Å²) in [6, 6.07) is 9.25. The Hall–Kier alpha value is -3.82. The molecule has 0 aliphatic heterocycles. The average Bonchev–Trinajstić information content (AvgIpc) is 2.78. The van der Waals surface area contributed by atoms with Crippen LogP contribution in [-0.4, -0.2) is 27.3 Å². The SMILES string of the molecule is COc1cc(-c2ccc(F)cc2)cc2c(N[C@H](C)c3cnc(C(F)(F)F)nc3)cnnc12. The topological polar surface area (TPSA) is 72.8 Å². The van der Waals surface area contributed by atoms with Gasteiger partial charge in [0.1, 0.15) is 17.1 Å². The van der Waals surface area contributed by atoms with Gasteiger partial charge in [0.2, 0.25) is 5.82 Å². The summed E-state index contributed by atoms with van der Waals surface area (Å²) < 4.78 is 57.0. The molecule has 4 aromatic rings. The first-order chi connectivity index (χ1) is 15.3. The molecule has 1 N–H and O–H groups in total. The minimum atomic E-state index is -4.60. The molecule has 2 aromatic carbocycles. The van der Waals surface area contributed by atoms with Crippen molar-refractivity contribution in [3.63, 3.8) is 0 Å². The molecule has 0 amide bonds. The van der Waals surface area contributed by atoms with Crippen molar-refractivity contribution in [2.24, 2.45) is 0 Å². The highest BCUT2D eigenvalue weighted by molar-refractivity contribution is 5.97. The van der Waals surface area contributed by atoms with Crippen LogP contribution in [-0.2, 0) is 6.18 Å². The molecule has 164 valence electrons. The van der Waals surface area contributed by atoms with Crippen LogP contribution >= 0.6 is 0 Å². The number of anilines is 1. The van der Waals surface area contributed by atoms with Crippen molar-refractivity contribution in [2.75, 3.05) is 12.4 Å². The third-order valence-corrected chi connectivity index (χ3v) is 4.90. The van der Waals surface area contributed by atoms with Crippen LogP contribution in [0, 0.1) is 5.82 Å². The molecule has 0 spiro atoms. The van der Waals surface area contributed by atoms with Crippen molar-refractivity contribution < 1.29 is 22.3 Å². The molecule has 0 bridgehead atoms. The molecule has 6 nitrogen and oxygen atoms in total. The predicted octanol–water partition coefficient (Wildman–Crippen LogP) is 5.43. The number of methoxy groups -OCH3 is 1. The fourth-order valence-electron chi connectivity index (χ4n) is 3.23. The van der Waals surface area contributed by atoms with E-state index in [2.05, 4.69) is 25.5 Å². The third kappa shape index (κ3) is 4.29. The van der Waals surface area contributed by atoms with Gasteiger partial charge >= 0.3 is 6.18 Å². The fourth-order valence-corrected chi connectivity index (χ4v) is 3.23. The zero-order chi connectivity index (χ0) is 22.9. The third-order valence-electron chi connectivity index (χ3n) is 4.90. The molecule has 10 heteroatoms. The van der Waals surface area contributed by atoms with Gasteiger partial charge in [-0.25, -0.2) is 14.4 Å². The lowest BCUT2D eigenvalue weighted by Crippen LogP contribution is -2.13. The van der Waals surface area contributed by atoms with Crippen LogP contribution in [0.3, 0.4) is 0 Å². The summed E-state index contributed by atoms with van der Waals surface area (Å²) in [4.78, 5) is 6.82. The summed E-state index contributed by atoms with van der Waals surface area (Å²) >= 11 is 0. The maximum Gasteiger partial charge on any atom is 0.451 e. The van der Waals surface area contributed by atoms with Crippen LogP contribution in [0.1, 0.15) is 24.4 Å². The van der Waals surface area contributed by atoms with E-state index in [9.17, 15) is 17.6 Å².